The molecule has 2 aromatic rings. The highest BCUT2D eigenvalue weighted by atomic mass is 19.1. The van der Waals surface area contributed by atoms with Crippen LogP contribution in [0.5, 0.6) is 5.75 Å². The van der Waals surface area contributed by atoms with E-state index in [9.17, 15) is 14.0 Å². The standard InChI is InChI=1S/C22H24FN3O4/c1-29-18-5-3-17(4-6-18)26-14-15(12-21(26)27)22(28)24-16-2-7-20(19(23)13-16)25-8-10-30-11-9-25/h2-7,13,15H,8-12,14H2,1H3,(H,24,28). The summed E-state index contributed by atoms with van der Waals surface area (Å²) in [6.45, 7) is 2.68. The van der Waals surface area contributed by atoms with Crippen LogP contribution in [0.15, 0.2) is 42.5 Å². The van der Waals surface area contributed by atoms with E-state index < -0.39 is 11.7 Å². The number of methoxy groups -OCH3 is 1. The van der Waals surface area contributed by atoms with Gasteiger partial charge in [-0.3, -0.25) is 9.59 Å². The van der Waals surface area contributed by atoms with Gasteiger partial charge in [-0.05, 0) is 42.5 Å². The Morgan fingerprint density at radius 3 is 2.57 bits per heavy atom. The number of carbonyl (C=O) groups is 2. The van der Waals surface area contributed by atoms with Crippen LogP contribution in [-0.4, -0.2) is 51.8 Å². The highest BCUT2D eigenvalue weighted by Crippen LogP contribution is 2.28. The molecule has 0 aromatic heterocycles. The number of rotatable bonds is 5. The van der Waals surface area contributed by atoms with Gasteiger partial charge in [-0.1, -0.05) is 0 Å². The molecule has 2 amide bonds. The molecule has 0 aliphatic carbocycles. The summed E-state index contributed by atoms with van der Waals surface area (Å²) in [6, 6.07) is 11.8. The summed E-state index contributed by atoms with van der Waals surface area (Å²) >= 11 is 0. The maximum absolute atomic E-state index is 14.6. The molecule has 2 heterocycles. The Kier molecular flexibility index (Phi) is 5.85. The van der Waals surface area contributed by atoms with Crippen LogP contribution in [0, 0.1) is 11.7 Å². The lowest BCUT2D eigenvalue weighted by Crippen LogP contribution is -2.36. The van der Waals surface area contributed by atoms with Gasteiger partial charge in [0.15, 0.2) is 0 Å². The molecule has 0 bridgehead atoms. The molecule has 2 aromatic carbocycles. The van der Waals surface area contributed by atoms with Crippen molar-refractivity contribution < 1.29 is 23.5 Å². The molecule has 0 radical (unpaired) electrons. The number of anilines is 3. The third-order valence-corrected chi connectivity index (χ3v) is 5.45. The van der Waals surface area contributed by atoms with Gasteiger partial charge in [-0.15, -0.1) is 0 Å². The number of nitrogens with one attached hydrogen (secondary N) is 1. The molecule has 7 nitrogen and oxygen atoms in total. The van der Waals surface area contributed by atoms with Crippen molar-refractivity contribution in [1.82, 2.24) is 0 Å². The number of amides is 2. The number of morpholine rings is 1. The quantitative estimate of drug-likeness (QED) is 0.816. The van der Waals surface area contributed by atoms with E-state index in [2.05, 4.69) is 5.32 Å². The molecule has 30 heavy (non-hydrogen) atoms. The first-order valence-corrected chi connectivity index (χ1v) is 9.92. The van der Waals surface area contributed by atoms with Crippen LogP contribution in [0.4, 0.5) is 21.5 Å². The van der Waals surface area contributed by atoms with Gasteiger partial charge in [-0.25, -0.2) is 4.39 Å². The number of benzene rings is 2. The molecule has 2 aliphatic heterocycles. The summed E-state index contributed by atoms with van der Waals surface area (Å²) in [5, 5.41) is 2.74. The number of nitrogens with zero attached hydrogens (tertiary/aromatic N) is 2. The van der Waals surface area contributed by atoms with Gasteiger partial charge in [0, 0.05) is 37.4 Å². The summed E-state index contributed by atoms with van der Waals surface area (Å²) in [4.78, 5) is 28.6. The number of ether oxygens (including phenoxy) is 2. The van der Waals surface area contributed by atoms with Crippen LogP contribution in [0.25, 0.3) is 0 Å². The van der Waals surface area contributed by atoms with Crippen molar-refractivity contribution in [3.8, 4) is 5.75 Å². The van der Waals surface area contributed by atoms with E-state index in [1.807, 2.05) is 4.90 Å². The van der Waals surface area contributed by atoms with Crippen LogP contribution in [0.3, 0.4) is 0 Å². The highest BCUT2D eigenvalue weighted by molar-refractivity contribution is 6.03. The molecular formula is C22H24FN3O4. The number of carbonyl (C=O) groups excluding carboxylic acids is 2. The van der Waals surface area contributed by atoms with Gasteiger partial charge in [0.25, 0.3) is 0 Å². The second-order valence-corrected chi connectivity index (χ2v) is 7.36. The Hall–Kier alpha value is -3.13. The van der Waals surface area contributed by atoms with E-state index in [1.54, 1.807) is 48.4 Å². The van der Waals surface area contributed by atoms with Crippen LogP contribution in [0.2, 0.25) is 0 Å². The average Bonchev–Trinajstić information content (AvgIpc) is 3.16. The predicted molar refractivity (Wildman–Crippen MR) is 112 cm³/mol. The fourth-order valence-electron chi connectivity index (χ4n) is 3.78. The minimum absolute atomic E-state index is 0.117. The second kappa shape index (κ2) is 8.71. The number of hydrogen-bond donors (Lipinski definition) is 1. The van der Waals surface area contributed by atoms with Crippen molar-refractivity contribution >= 4 is 28.9 Å². The molecule has 0 saturated carbocycles. The third kappa shape index (κ3) is 4.23. The normalized spacial score (nSPS) is 19.1. The minimum atomic E-state index is -0.499. The molecule has 4 rings (SSSR count). The van der Waals surface area contributed by atoms with E-state index >= 15 is 0 Å². The Bertz CT molecular complexity index is 928. The summed E-state index contributed by atoms with van der Waals surface area (Å²) in [5.74, 6) is -0.604. The zero-order valence-corrected chi connectivity index (χ0v) is 16.8. The van der Waals surface area contributed by atoms with E-state index in [4.69, 9.17) is 9.47 Å². The smallest absolute Gasteiger partial charge is 0.229 e. The zero-order valence-electron chi connectivity index (χ0n) is 16.8. The van der Waals surface area contributed by atoms with Gasteiger partial charge in [0.1, 0.15) is 11.6 Å². The Balaban J connectivity index is 1.40. The highest BCUT2D eigenvalue weighted by Gasteiger charge is 2.35. The maximum atomic E-state index is 14.6. The minimum Gasteiger partial charge on any atom is -0.497 e. The van der Waals surface area contributed by atoms with Gasteiger partial charge in [0.05, 0.1) is 31.9 Å². The van der Waals surface area contributed by atoms with Crippen LogP contribution >= 0.6 is 0 Å². The van der Waals surface area contributed by atoms with Crippen molar-refractivity contribution in [2.45, 2.75) is 6.42 Å². The van der Waals surface area contributed by atoms with Crippen molar-refractivity contribution in [2.75, 3.05) is 55.1 Å². The van der Waals surface area contributed by atoms with Crippen molar-refractivity contribution in [2.24, 2.45) is 5.92 Å². The van der Waals surface area contributed by atoms with Gasteiger partial charge in [0.2, 0.25) is 11.8 Å². The Morgan fingerprint density at radius 1 is 1.17 bits per heavy atom. The average molecular weight is 413 g/mol. The monoisotopic (exact) mass is 413 g/mol. The molecule has 1 unspecified atom stereocenters. The SMILES string of the molecule is COc1ccc(N2CC(C(=O)Nc3ccc(N4CCOCC4)c(F)c3)CC2=O)cc1. The van der Waals surface area contributed by atoms with Crippen LogP contribution in [-0.2, 0) is 14.3 Å². The molecule has 2 aliphatic rings. The number of hydrogen-bond acceptors (Lipinski definition) is 5. The first-order valence-electron chi connectivity index (χ1n) is 9.92. The lowest BCUT2D eigenvalue weighted by atomic mass is 10.1. The molecule has 158 valence electrons. The summed E-state index contributed by atoms with van der Waals surface area (Å²) < 4.78 is 25.0. The molecular weight excluding hydrogens is 389 g/mol. The van der Waals surface area contributed by atoms with E-state index in [-0.39, 0.29) is 24.8 Å². The van der Waals surface area contributed by atoms with Gasteiger partial charge >= 0.3 is 0 Å². The van der Waals surface area contributed by atoms with E-state index in [0.717, 1.165) is 5.69 Å². The molecule has 8 heteroatoms. The predicted octanol–water partition coefficient (Wildman–Crippen LogP) is 2.66. The van der Waals surface area contributed by atoms with Crippen molar-refractivity contribution in [1.29, 1.82) is 0 Å². The zero-order chi connectivity index (χ0) is 21.1. The maximum Gasteiger partial charge on any atom is 0.229 e. The summed E-state index contributed by atoms with van der Waals surface area (Å²) in [7, 11) is 1.58. The fourth-order valence-corrected chi connectivity index (χ4v) is 3.78. The molecule has 1 N–H and O–H groups in total. The van der Waals surface area contributed by atoms with E-state index in [1.165, 1.54) is 6.07 Å². The third-order valence-electron chi connectivity index (χ3n) is 5.45. The fraction of sp³-hybridized carbons (Fsp3) is 0.364. The number of halogens is 1. The topological polar surface area (TPSA) is 71.1 Å². The van der Waals surface area contributed by atoms with Gasteiger partial charge in [-0.2, -0.15) is 0 Å². The summed E-state index contributed by atoms with van der Waals surface area (Å²) in [6.07, 6.45) is 0.117. The molecule has 2 fully saturated rings. The Morgan fingerprint density at radius 2 is 1.90 bits per heavy atom. The Labute approximate surface area is 174 Å². The molecule has 1 atom stereocenters. The lowest BCUT2D eigenvalue weighted by molar-refractivity contribution is -0.122. The largest absolute Gasteiger partial charge is 0.497 e. The first kappa shape index (κ1) is 20.2. The van der Waals surface area contributed by atoms with Crippen LogP contribution in [0.1, 0.15) is 6.42 Å². The lowest BCUT2D eigenvalue weighted by Gasteiger charge is -2.29. The molecule has 2 saturated heterocycles. The second-order valence-electron chi connectivity index (χ2n) is 7.36. The first-order chi connectivity index (χ1) is 14.5. The van der Waals surface area contributed by atoms with Crippen LogP contribution < -0.4 is 19.9 Å². The summed E-state index contributed by atoms with van der Waals surface area (Å²) in [5.41, 5.74) is 1.60. The van der Waals surface area contributed by atoms with Crippen molar-refractivity contribution in [3.05, 3.63) is 48.3 Å². The van der Waals surface area contributed by atoms with E-state index in [0.29, 0.717) is 43.4 Å². The van der Waals surface area contributed by atoms with Crippen molar-refractivity contribution in [3.63, 3.8) is 0 Å². The molecule has 0 spiro atoms. The van der Waals surface area contributed by atoms with Gasteiger partial charge < -0.3 is 24.6 Å².